The first kappa shape index (κ1) is 26.5. The zero-order valence-electron chi connectivity index (χ0n) is 21.0. The fourth-order valence-corrected chi connectivity index (χ4v) is 4.77. The molecule has 0 bridgehead atoms. The van der Waals surface area contributed by atoms with Crippen LogP contribution in [0.1, 0.15) is 59.7 Å². The third kappa shape index (κ3) is 5.29. The van der Waals surface area contributed by atoms with Crippen molar-refractivity contribution >= 4 is 22.6 Å². The van der Waals surface area contributed by atoms with E-state index < -0.39 is 35.1 Å². The third-order valence-electron chi connectivity index (χ3n) is 6.29. The Balaban J connectivity index is 1.67. The summed E-state index contributed by atoms with van der Waals surface area (Å²) in [6.07, 6.45) is -3.92. The quantitative estimate of drug-likeness (QED) is 0.490. The van der Waals surface area contributed by atoms with Crippen LogP contribution in [0, 0.1) is 19.7 Å². The number of nitrogens with zero attached hydrogens (tertiary/aromatic N) is 3. The van der Waals surface area contributed by atoms with Crippen molar-refractivity contribution in [3.8, 4) is 0 Å². The Morgan fingerprint density at radius 3 is 2.46 bits per heavy atom. The zero-order chi connectivity index (χ0) is 27.2. The molecule has 2 aromatic heterocycles. The second-order valence-corrected chi connectivity index (χ2v) is 9.40. The van der Waals surface area contributed by atoms with Crippen LogP contribution in [0.3, 0.4) is 0 Å². The maximum Gasteiger partial charge on any atom is 0.417 e. The second kappa shape index (κ2) is 9.73. The molecule has 0 spiro atoms. The minimum absolute atomic E-state index is 0.0110. The number of carbonyl (C=O) groups excluding carboxylic acids is 1. The zero-order valence-corrected chi connectivity index (χ0v) is 21.0. The summed E-state index contributed by atoms with van der Waals surface area (Å²) >= 11 is 0. The number of morpholine rings is 1. The van der Waals surface area contributed by atoms with Crippen LogP contribution in [0.2, 0.25) is 0 Å². The van der Waals surface area contributed by atoms with Crippen molar-refractivity contribution < 1.29 is 27.1 Å². The largest absolute Gasteiger partial charge is 0.417 e. The fraction of sp³-hybridized carbons (Fsp3) is 0.440. The molecule has 1 aromatic carbocycles. The highest BCUT2D eigenvalue weighted by Gasteiger charge is 2.38. The minimum atomic E-state index is -4.75. The first-order valence-electron chi connectivity index (χ1n) is 11.7. The van der Waals surface area contributed by atoms with Crippen molar-refractivity contribution in [1.29, 1.82) is 0 Å². The Bertz CT molecular complexity index is 1410. The fourth-order valence-electron chi connectivity index (χ4n) is 4.77. The molecule has 0 unspecified atom stereocenters. The molecule has 1 aliphatic heterocycles. The number of amides is 1. The molecule has 1 fully saturated rings. The van der Waals surface area contributed by atoms with Crippen LogP contribution in [0.4, 0.5) is 23.4 Å². The molecule has 1 saturated heterocycles. The molecule has 198 valence electrons. The van der Waals surface area contributed by atoms with Gasteiger partial charge in [0.1, 0.15) is 5.82 Å². The number of aryl methyl sites for hydroxylation is 2. The van der Waals surface area contributed by atoms with Crippen LogP contribution in [-0.2, 0) is 10.9 Å². The Kier molecular flexibility index (Phi) is 6.97. The molecule has 0 aliphatic carbocycles. The molecule has 0 radical (unpaired) electrons. The summed E-state index contributed by atoms with van der Waals surface area (Å²) in [7, 11) is 0. The molecule has 8 nitrogen and oxygen atoms in total. The highest BCUT2D eigenvalue weighted by Crippen LogP contribution is 2.40. The Morgan fingerprint density at radius 2 is 1.86 bits per heavy atom. The maximum atomic E-state index is 15.0. The lowest BCUT2D eigenvalue weighted by Crippen LogP contribution is -2.48. The second-order valence-electron chi connectivity index (χ2n) is 9.40. The van der Waals surface area contributed by atoms with Gasteiger partial charge < -0.3 is 19.9 Å². The standard InChI is InChI=1S/C25H27F4N5O3/c1-11-9-34(10-12(2)37-11)24(36)16-6-19(26)22(30-8-16)31-14(4)17-7-18-21(32-15(5)33-23(18)35)13(3)20(17)25(27,28)29/h6-8,11-12,14H,9-10H2,1-5H3,(H,30,31)(H,32,33,35)/t11-,12+,14-/m0/s1. The molecule has 12 heteroatoms. The normalized spacial score (nSPS) is 19.2. The SMILES string of the molecule is Cc1nc2c(C)c(C(F)(F)F)c([C@H](C)Nc3ncc(C(=O)N4C[C@@H](C)O[C@@H](C)C4)cc3F)cc2c(=O)[nH]1. The molecule has 3 atom stereocenters. The lowest BCUT2D eigenvalue weighted by Gasteiger charge is -2.35. The smallest absolute Gasteiger partial charge is 0.372 e. The molecule has 3 heterocycles. The monoisotopic (exact) mass is 521 g/mol. The summed E-state index contributed by atoms with van der Waals surface area (Å²) in [5, 5.41) is 2.65. The van der Waals surface area contributed by atoms with Gasteiger partial charge in [0.25, 0.3) is 11.5 Å². The topological polar surface area (TPSA) is 100 Å². The summed E-state index contributed by atoms with van der Waals surface area (Å²) < 4.78 is 62.9. The van der Waals surface area contributed by atoms with Gasteiger partial charge in [-0.3, -0.25) is 9.59 Å². The first-order valence-corrected chi connectivity index (χ1v) is 11.7. The molecular weight excluding hydrogens is 494 g/mol. The molecule has 1 amide bonds. The molecular formula is C25H27F4N5O3. The lowest BCUT2D eigenvalue weighted by atomic mass is 9.93. The van der Waals surface area contributed by atoms with Gasteiger partial charge in [-0.05, 0) is 57.9 Å². The highest BCUT2D eigenvalue weighted by atomic mass is 19.4. The van der Waals surface area contributed by atoms with Crippen molar-refractivity contribution in [2.24, 2.45) is 0 Å². The van der Waals surface area contributed by atoms with Crippen molar-refractivity contribution in [3.63, 3.8) is 0 Å². The van der Waals surface area contributed by atoms with E-state index in [0.717, 1.165) is 12.1 Å². The van der Waals surface area contributed by atoms with E-state index in [1.54, 1.807) is 4.90 Å². The molecule has 37 heavy (non-hydrogen) atoms. The van der Waals surface area contributed by atoms with Crippen molar-refractivity contribution in [1.82, 2.24) is 19.9 Å². The number of aromatic amines is 1. The summed E-state index contributed by atoms with van der Waals surface area (Å²) in [6.45, 7) is 8.49. The average Bonchev–Trinajstić information content (AvgIpc) is 2.78. The number of ether oxygens (including phenoxy) is 1. The summed E-state index contributed by atoms with van der Waals surface area (Å²) in [5.41, 5.74) is -2.03. The number of anilines is 1. The number of rotatable bonds is 4. The first-order chi connectivity index (χ1) is 17.3. The van der Waals surface area contributed by atoms with E-state index in [1.165, 1.54) is 27.0 Å². The van der Waals surface area contributed by atoms with Crippen LogP contribution in [0.15, 0.2) is 23.1 Å². The van der Waals surface area contributed by atoms with Crippen LogP contribution >= 0.6 is 0 Å². The number of hydrogen-bond donors (Lipinski definition) is 2. The van der Waals surface area contributed by atoms with Gasteiger partial charge in [-0.25, -0.2) is 14.4 Å². The highest BCUT2D eigenvalue weighted by molar-refractivity contribution is 5.94. The van der Waals surface area contributed by atoms with E-state index in [1.807, 2.05) is 13.8 Å². The summed E-state index contributed by atoms with van der Waals surface area (Å²) in [4.78, 5) is 37.4. The number of hydrogen-bond acceptors (Lipinski definition) is 6. The van der Waals surface area contributed by atoms with E-state index in [2.05, 4.69) is 20.3 Å². The molecule has 1 aliphatic rings. The number of benzene rings is 1. The van der Waals surface area contributed by atoms with Gasteiger partial charge in [0.15, 0.2) is 11.6 Å². The number of halogens is 4. The van der Waals surface area contributed by atoms with Gasteiger partial charge in [-0.2, -0.15) is 13.2 Å². The predicted molar refractivity (Wildman–Crippen MR) is 129 cm³/mol. The number of nitrogens with one attached hydrogen (secondary N) is 2. The number of carbonyl (C=O) groups is 1. The number of fused-ring (bicyclic) bond motifs is 1. The number of H-pyrrole nitrogens is 1. The molecule has 4 rings (SSSR count). The van der Waals surface area contributed by atoms with Crippen LogP contribution in [-0.4, -0.2) is 51.1 Å². The Hall–Kier alpha value is -3.54. The third-order valence-corrected chi connectivity index (χ3v) is 6.29. The lowest BCUT2D eigenvalue weighted by molar-refractivity contribution is -0.138. The van der Waals surface area contributed by atoms with E-state index in [4.69, 9.17) is 4.74 Å². The average molecular weight is 522 g/mol. The van der Waals surface area contributed by atoms with Gasteiger partial charge in [-0.15, -0.1) is 0 Å². The van der Waals surface area contributed by atoms with Crippen molar-refractivity contribution in [2.75, 3.05) is 18.4 Å². The van der Waals surface area contributed by atoms with E-state index in [0.29, 0.717) is 13.1 Å². The Morgan fingerprint density at radius 1 is 1.22 bits per heavy atom. The van der Waals surface area contributed by atoms with Crippen molar-refractivity contribution in [3.05, 3.63) is 62.6 Å². The molecule has 0 saturated carbocycles. The van der Waals surface area contributed by atoms with Crippen molar-refractivity contribution in [2.45, 2.75) is 59.0 Å². The van der Waals surface area contributed by atoms with Gasteiger partial charge in [0.2, 0.25) is 0 Å². The summed E-state index contributed by atoms with van der Waals surface area (Å²) in [6, 6.07) is 1.03. The van der Waals surface area contributed by atoms with Gasteiger partial charge >= 0.3 is 6.18 Å². The van der Waals surface area contributed by atoms with E-state index in [-0.39, 0.29) is 51.4 Å². The van der Waals surface area contributed by atoms with Crippen LogP contribution in [0.25, 0.3) is 10.9 Å². The van der Waals surface area contributed by atoms with E-state index in [9.17, 15) is 27.2 Å². The minimum Gasteiger partial charge on any atom is -0.372 e. The van der Waals surface area contributed by atoms with Crippen LogP contribution in [0.5, 0.6) is 0 Å². The van der Waals surface area contributed by atoms with Gasteiger partial charge in [0.05, 0.1) is 40.3 Å². The summed E-state index contributed by atoms with van der Waals surface area (Å²) in [5.74, 6) is -1.45. The number of pyridine rings is 1. The molecule has 3 aromatic rings. The van der Waals surface area contributed by atoms with Gasteiger partial charge in [0, 0.05) is 19.3 Å². The number of aromatic nitrogens is 3. The van der Waals surface area contributed by atoms with Gasteiger partial charge in [-0.1, -0.05) is 0 Å². The Labute approximate surface area is 210 Å². The molecule has 2 N–H and O–H groups in total. The van der Waals surface area contributed by atoms with Crippen LogP contribution < -0.4 is 10.9 Å². The maximum absolute atomic E-state index is 15.0. The number of alkyl halides is 3. The predicted octanol–water partition coefficient (Wildman–Crippen LogP) is 4.52. The van der Waals surface area contributed by atoms with E-state index >= 15 is 0 Å².